The van der Waals surface area contributed by atoms with E-state index in [1.54, 1.807) is 44.7 Å². The van der Waals surface area contributed by atoms with Crippen LogP contribution in [0.2, 0.25) is 0 Å². The summed E-state index contributed by atoms with van der Waals surface area (Å²) in [5, 5.41) is 13.6. The highest BCUT2D eigenvalue weighted by Gasteiger charge is 2.15. The lowest BCUT2D eigenvalue weighted by Crippen LogP contribution is -2.28. The first-order valence-corrected chi connectivity index (χ1v) is 8.19. The molecule has 0 aliphatic rings. The van der Waals surface area contributed by atoms with Gasteiger partial charge in [0.2, 0.25) is 5.91 Å². The summed E-state index contributed by atoms with van der Waals surface area (Å²) in [6.45, 7) is 1.85. The van der Waals surface area contributed by atoms with E-state index in [9.17, 15) is 9.18 Å². The Balaban J connectivity index is 1.81. The van der Waals surface area contributed by atoms with Crippen LogP contribution in [-0.2, 0) is 4.79 Å². The Morgan fingerprint density at radius 2 is 2.04 bits per heavy atom. The molecule has 0 radical (unpaired) electrons. The molecule has 0 aliphatic heterocycles. The highest BCUT2D eigenvalue weighted by molar-refractivity contribution is 5.80. The second-order valence-corrected chi connectivity index (χ2v) is 6.08. The number of pyridine rings is 1. The maximum Gasteiger partial charge on any atom is 0.316 e. The molecule has 8 nitrogen and oxygen atoms in total. The van der Waals surface area contributed by atoms with Gasteiger partial charge < -0.3 is 20.0 Å². The zero-order chi connectivity index (χ0) is 19.4. The Kier molecular flexibility index (Phi) is 5.30. The van der Waals surface area contributed by atoms with Gasteiger partial charge in [-0.25, -0.2) is 4.39 Å². The maximum atomic E-state index is 14.1. The number of carbonyl (C=O) groups is 1. The molecule has 140 valence electrons. The molecule has 0 unspecified atom stereocenters. The first-order chi connectivity index (χ1) is 12.9. The van der Waals surface area contributed by atoms with Crippen molar-refractivity contribution in [2.24, 2.45) is 0 Å². The zero-order valence-corrected chi connectivity index (χ0v) is 15.2. The van der Waals surface area contributed by atoms with Crippen molar-refractivity contribution in [1.29, 1.82) is 0 Å². The van der Waals surface area contributed by atoms with Crippen LogP contribution in [0.1, 0.15) is 5.56 Å². The van der Waals surface area contributed by atoms with Crippen LogP contribution >= 0.6 is 0 Å². The summed E-state index contributed by atoms with van der Waals surface area (Å²) in [5.74, 6) is -0.289. The van der Waals surface area contributed by atoms with Crippen molar-refractivity contribution in [2.45, 2.75) is 6.92 Å². The van der Waals surface area contributed by atoms with Crippen LogP contribution < -0.4 is 10.6 Å². The molecule has 0 aliphatic carbocycles. The molecule has 1 amide bonds. The van der Waals surface area contributed by atoms with E-state index in [4.69, 9.17) is 4.42 Å². The molecule has 2 heterocycles. The molecule has 0 fully saturated rings. The summed E-state index contributed by atoms with van der Waals surface area (Å²) in [7, 11) is 3.31. The van der Waals surface area contributed by atoms with Crippen molar-refractivity contribution >= 4 is 23.3 Å². The van der Waals surface area contributed by atoms with E-state index in [2.05, 4.69) is 25.8 Å². The van der Waals surface area contributed by atoms with Crippen LogP contribution in [0, 0.1) is 12.7 Å². The lowest BCUT2D eigenvalue weighted by Gasteiger charge is -2.10. The fourth-order valence-electron chi connectivity index (χ4n) is 2.26. The average molecular weight is 370 g/mol. The van der Waals surface area contributed by atoms with E-state index in [0.717, 1.165) is 5.56 Å². The predicted octanol–water partition coefficient (Wildman–Crippen LogP) is 2.82. The van der Waals surface area contributed by atoms with Gasteiger partial charge in [-0.2, -0.15) is 0 Å². The third-order valence-corrected chi connectivity index (χ3v) is 3.76. The number of anilines is 3. The lowest BCUT2D eigenvalue weighted by atomic mass is 10.2. The van der Waals surface area contributed by atoms with Gasteiger partial charge in [-0.05, 0) is 30.7 Å². The van der Waals surface area contributed by atoms with Crippen molar-refractivity contribution in [3.63, 3.8) is 0 Å². The van der Waals surface area contributed by atoms with E-state index in [1.807, 2.05) is 6.92 Å². The normalized spacial score (nSPS) is 10.5. The van der Waals surface area contributed by atoms with E-state index >= 15 is 0 Å². The van der Waals surface area contributed by atoms with E-state index in [1.165, 1.54) is 11.0 Å². The Morgan fingerprint density at radius 1 is 1.22 bits per heavy atom. The lowest BCUT2D eigenvalue weighted by molar-refractivity contribution is -0.126. The summed E-state index contributed by atoms with van der Waals surface area (Å²) >= 11 is 0. The number of aromatic nitrogens is 3. The number of rotatable bonds is 6. The molecule has 3 aromatic rings. The molecule has 0 saturated heterocycles. The molecule has 2 N–H and O–H groups in total. The zero-order valence-electron chi connectivity index (χ0n) is 15.2. The summed E-state index contributed by atoms with van der Waals surface area (Å²) in [6.07, 6.45) is 3.11. The highest BCUT2D eigenvalue weighted by Crippen LogP contribution is 2.30. The molecule has 27 heavy (non-hydrogen) atoms. The number of halogens is 1. The summed E-state index contributed by atoms with van der Waals surface area (Å²) < 4.78 is 19.7. The largest absolute Gasteiger partial charge is 0.403 e. The quantitative estimate of drug-likeness (QED) is 0.689. The maximum absolute atomic E-state index is 14.1. The molecule has 0 spiro atoms. The number of aryl methyl sites for hydroxylation is 1. The first-order valence-electron chi connectivity index (χ1n) is 8.19. The van der Waals surface area contributed by atoms with E-state index in [-0.39, 0.29) is 30.2 Å². The average Bonchev–Trinajstić information content (AvgIpc) is 3.11. The van der Waals surface area contributed by atoms with Crippen molar-refractivity contribution < 1.29 is 13.6 Å². The SMILES string of the molecule is Cc1ccc(Nc2cnccc2-c2nnc(NCC(=O)N(C)C)o2)c(F)c1. The second-order valence-electron chi connectivity index (χ2n) is 6.08. The van der Waals surface area contributed by atoms with Crippen molar-refractivity contribution in [2.75, 3.05) is 31.3 Å². The van der Waals surface area contributed by atoms with Crippen LogP contribution in [-0.4, -0.2) is 46.6 Å². The molecule has 3 rings (SSSR count). The van der Waals surface area contributed by atoms with Crippen molar-refractivity contribution in [3.8, 4) is 11.5 Å². The predicted molar refractivity (Wildman–Crippen MR) is 99.1 cm³/mol. The van der Waals surface area contributed by atoms with Gasteiger partial charge in [0.25, 0.3) is 5.89 Å². The Hall–Kier alpha value is -3.49. The van der Waals surface area contributed by atoms with Gasteiger partial charge in [-0.1, -0.05) is 11.2 Å². The minimum Gasteiger partial charge on any atom is -0.403 e. The number of amides is 1. The fraction of sp³-hybridized carbons (Fsp3) is 0.222. The summed E-state index contributed by atoms with van der Waals surface area (Å²) in [6, 6.07) is 6.68. The van der Waals surface area contributed by atoms with Gasteiger partial charge >= 0.3 is 6.01 Å². The minimum absolute atomic E-state index is 0.0324. The van der Waals surface area contributed by atoms with Gasteiger partial charge in [0, 0.05) is 20.3 Å². The number of nitrogens with zero attached hydrogens (tertiary/aromatic N) is 4. The Morgan fingerprint density at radius 3 is 2.78 bits per heavy atom. The number of nitrogens with one attached hydrogen (secondary N) is 2. The van der Waals surface area contributed by atoms with E-state index in [0.29, 0.717) is 16.9 Å². The second kappa shape index (κ2) is 7.81. The minimum atomic E-state index is -0.375. The number of hydrogen-bond donors (Lipinski definition) is 2. The molecule has 1 aromatic carbocycles. The molecule has 0 saturated carbocycles. The third kappa shape index (κ3) is 4.38. The molecule has 0 bridgehead atoms. The van der Waals surface area contributed by atoms with Crippen LogP contribution in [0.5, 0.6) is 0 Å². The Labute approximate surface area is 155 Å². The van der Waals surface area contributed by atoms with Crippen LogP contribution in [0.15, 0.2) is 41.1 Å². The van der Waals surface area contributed by atoms with Crippen LogP contribution in [0.4, 0.5) is 21.8 Å². The number of benzene rings is 1. The van der Waals surface area contributed by atoms with Crippen molar-refractivity contribution in [1.82, 2.24) is 20.1 Å². The van der Waals surface area contributed by atoms with Gasteiger partial charge in [0.15, 0.2) is 0 Å². The number of likely N-dealkylation sites (N-methyl/N-ethyl adjacent to an activating group) is 1. The molecule has 0 atom stereocenters. The summed E-state index contributed by atoms with van der Waals surface area (Å²) in [4.78, 5) is 17.1. The standard InChI is InChI=1S/C18H19FN6O2/c1-11-4-5-14(13(19)8-11)22-15-9-20-7-6-12(15)17-23-24-18(27-17)21-10-16(26)25(2)3/h4-9,22H,10H2,1-3H3,(H,21,24). The van der Waals surface area contributed by atoms with Gasteiger partial charge in [0.1, 0.15) is 5.82 Å². The summed E-state index contributed by atoms with van der Waals surface area (Å²) in [5.41, 5.74) is 2.21. The van der Waals surface area contributed by atoms with Gasteiger partial charge in [-0.3, -0.25) is 9.78 Å². The van der Waals surface area contributed by atoms with E-state index < -0.39 is 0 Å². The van der Waals surface area contributed by atoms with Crippen LogP contribution in [0.25, 0.3) is 11.5 Å². The van der Waals surface area contributed by atoms with Crippen LogP contribution in [0.3, 0.4) is 0 Å². The molecule has 2 aromatic heterocycles. The fourth-order valence-corrected chi connectivity index (χ4v) is 2.26. The van der Waals surface area contributed by atoms with Crippen molar-refractivity contribution in [3.05, 3.63) is 48.0 Å². The molecular formula is C18H19FN6O2. The molecule has 9 heteroatoms. The smallest absolute Gasteiger partial charge is 0.316 e. The topological polar surface area (TPSA) is 96.2 Å². The monoisotopic (exact) mass is 370 g/mol. The Bertz CT molecular complexity index is 957. The van der Waals surface area contributed by atoms with Gasteiger partial charge in [-0.15, -0.1) is 5.10 Å². The highest BCUT2D eigenvalue weighted by atomic mass is 19.1. The first kappa shape index (κ1) is 18.3. The van der Waals surface area contributed by atoms with Gasteiger partial charge in [0.05, 0.1) is 29.7 Å². The third-order valence-electron chi connectivity index (χ3n) is 3.76. The molecular weight excluding hydrogens is 351 g/mol. The number of carbonyl (C=O) groups excluding carboxylic acids is 1. The number of hydrogen-bond acceptors (Lipinski definition) is 7.